The van der Waals surface area contributed by atoms with Crippen LogP contribution in [0.4, 0.5) is 0 Å². The SMILES string of the molecule is CC1C(=O)CNC1C(N)=O. The number of Topliss-reactive ketones (excluding diaryl/α,β-unsaturated/α-hetero) is 1. The van der Waals surface area contributed by atoms with Gasteiger partial charge in [-0.3, -0.25) is 14.9 Å². The van der Waals surface area contributed by atoms with Gasteiger partial charge in [-0.1, -0.05) is 6.92 Å². The maximum absolute atomic E-state index is 10.8. The summed E-state index contributed by atoms with van der Waals surface area (Å²) in [5, 5.41) is 2.73. The van der Waals surface area contributed by atoms with Gasteiger partial charge in [0.15, 0.2) is 5.78 Å². The fraction of sp³-hybridized carbons (Fsp3) is 0.667. The molecule has 0 radical (unpaired) electrons. The van der Waals surface area contributed by atoms with Gasteiger partial charge in [-0.25, -0.2) is 0 Å². The number of rotatable bonds is 1. The number of carbonyl (C=O) groups is 2. The molecule has 1 amide bonds. The van der Waals surface area contributed by atoms with Crippen LogP contribution in [0, 0.1) is 5.92 Å². The highest BCUT2D eigenvalue weighted by Gasteiger charge is 2.33. The quantitative estimate of drug-likeness (QED) is 0.475. The Labute approximate surface area is 58.8 Å². The molecule has 3 N–H and O–H groups in total. The van der Waals surface area contributed by atoms with Crippen molar-refractivity contribution in [2.45, 2.75) is 13.0 Å². The Bertz CT molecular complexity index is 179. The number of nitrogens with one attached hydrogen (secondary N) is 1. The first kappa shape index (κ1) is 7.21. The van der Waals surface area contributed by atoms with Gasteiger partial charge in [0.25, 0.3) is 0 Å². The predicted octanol–water partition coefficient (Wildman–Crippen LogP) is -1.35. The summed E-state index contributed by atoms with van der Waals surface area (Å²) < 4.78 is 0. The van der Waals surface area contributed by atoms with Crippen LogP contribution < -0.4 is 11.1 Å². The number of amides is 1. The van der Waals surface area contributed by atoms with Crippen molar-refractivity contribution in [2.24, 2.45) is 11.7 Å². The van der Waals surface area contributed by atoms with Crippen LogP contribution in [0.25, 0.3) is 0 Å². The standard InChI is InChI=1S/C6H10N2O2/c1-3-4(9)2-8-5(3)6(7)10/h3,5,8H,2H2,1H3,(H2,7,10). The third kappa shape index (κ3) is 1.02. The van der Waals surface area contributed by atoms with E-state index in [2.05, 4.69) is 5.32 Å². The molecular formula is C6H10N2O2. The first-order chi connectivity index (χ1) is 4.63. The van der Waals surface area contributed by atoms with Crippen molar-refractivity contribution < 1.29 is 9.59 Å². The van der Waals surface area contributed by atoms with Crippen molar-refractivity contribution in [2.75, 3.05) is 6.54 Å². The van der Waals surface area contributed by atoms with Crippen molar-refractivity contribution in [3.05, 3.63) is 0 Å². The van der Waals surface area contributed by atoms with Crippen LogP contribution in [0.1, 0.15) is 6.92 Å². The zero-order chi connectivity index (χ0) is 7.72. The topological polar surface area (TPSA) is 72.2 Å². The van der Waals surface area contributed by atoms with E-state index in [0.717, 1.165) is 0 Å². The molecule has 0 spiro atoms. The van der Waals surface area contributed by atoms with E-state index in [9.17, 15) is 9.59 Å². The minimum absolute atomic E-state index is 0.0591. The van der Waals surface area contributed by atoms with Gasteiger partial charge in [0.1, 0.15) is 0 Å². The van der Waals surface area contributed by atoms with E-state index in [1.807, 2.05) is 0 Å². The number of ketones is 1. The molecule has 1 aliphatic rings. The highest BCUT2D eigenvalue weighted by molar-refractivity contribution is 5.94. The molecule has 0 aliphatic carbocycles. The van der Waals surface area contributed by atoms with Gasteiger partial charge in [0, 0.05) is 5.92 Å². The lowest BCUT2D eigenvalue weighted by molar-refractivity contribution is -0.124. The van der Waals surface area contributed by atoms with Crippen LogP contribution in [0.2, 0.25) is 0 Å². The highest BCUT2D eigenvalue weighted by Crippen LogP contribution is 2.09. The van der Waals surface area contributed by atoms with Crippen LogP contribution >= 0.6 is 0 Å². The summed E-state index contributed by atoms with van der Waals surface area (Å²) in [4.78, 5) is 21.4. The Kier molecular flexibility index (Phi) is 1.72. The van der Waals surface area contributed by atoms with Crippen molar-refractivity contribution >= 4 is 11.7 Å². The Hall–Kier alpha value is -0.900. The van der Waals surface area contributed by atoms with Crippen LogP contribution in [-0.2, 0) is 9.59 Å². The number of carbonyl (C=O) groups excluding carboxylic acids is 2. The minimum atomic E-state index is -0.451. The van der Waals surface area contributed by atoms with E-state index in [4.69, 9.17) is 5.73 Å². The molecule has 2 atom stereocenters. The number of hydrogen-bond acceptors (Lipinski definition) is 3. The Morgan fingerprint density at radius 1 is 1.80 bits per heavy atom. The largest absolute Gasteiger partial charge is 0.368 e. The van der Waals surface area contributed by atoms with Crippen molar-refractivity contribution in [3.8, 4) is 0 Å². The monoisotopic (exact) mass is 142 g/mol. The molecule has 2 unspecified atom stereocenters. The maximum Gasteiger partial charge on any atom is 0.235 e. The van der Waals surface area contributed by atoms with Gasteiger partial charge in [-0.05, 0) is 0 Å². The second-order valence-electron chi connectivity index (χ2n) is 2.52. The molecule has 1 rings (SSSR count). The third-order valence-corrected chi connectivity index (χ3v) is 1.81. The minimum Gasteiger partial charge on any atom is -0.368 e. The molecule has 0 saturated carbocycles. The molecule has 1 fully saturated rings. The van der Waals surface area contributed by atoms with Crippen LogP contribution in [0.15, 0.2) is 0 Å². The van der Waals surface area contributed by atoms with Gasteiger partial charge >= 0.3 is 0 Å². The summed E-state index contributed by atoms with van der Waals surface area (Å²) in [6.45, 7) is 1.98. The highest BCUT2D eigenvalue weighted by atomic mass is 16.2. The summed E-state index contributed by atoms with van der Waals surface area (Å²) in [6, 6.07) is -0.451. The number of primary amides is 1. The van der Waals surface area contributed by atoms with Gasteiger partial charge in [0.05, 0.1) is 12.6 Å². The van der Waals surface area contributed by atoms with Crippen molar-refractivity contribution in [1.82, 2.24) is 5.32 Å². The molecule has 4 nitrogen and oxygen atoms in total. The van der Waals surface area contributed by atoms with Crippen LogP contribution in [0.5, 0.6) is 0 Å². The fourth-order valence-corrected chi connectivity index (χ4v) is 1.08. The van der Waals surface area contributed by atoms with Crippen molar-refractivity contribution in [3.63, 3.8) is 0 Å². The molecule has 0 aromatic heterocycles. The second kappa shape index (κ2) is 2.38. The Morgan fingerprint density at radius 3 is 2.60 bits per heavy atom. The molecule has 1 aliphatic heterocycles. The van der Waals surface area contributed by atoms with Gasteiger partial charge in [-0.15, -0.1) is 0 Å². The summed E-state index contributed by atoms with van der Waals surface area (Å²) >= 11 is 0. The third-order valence-electron chi connectivity index (χ3n) is 1.81. The molecule has 0 bridgehead atoms. The van der Waals surface area contributed by atoms with Crippen LogP contribution in [0.3, 0.4) is 0 Å². The smallest absolute Gasteiger partial charge is 0.235 e. The lowest BCUT2D eigenvalue weighted by atomic mass is 10.0. The summed E-state index contributed by atoms with van der Waals surface area (Å²) in [7, 11) is 0. The van der Waals surface area contributed by atoms with Gasteiger partial charge in [0.2, 0.25) is 5.91 Å². The summed E-state index contributed by atoms with van der Waals surface area (Å²) in [5.41, 5.74) is 5.00. The van der Waals surface area contributed by atoms with E-state index in [-0.39, 0.29) is 18.2 Å². The first-order valence-corrected chi connectivity index (χ1v) is 3.18. The second-order valence-corrected chi connectivity index (χ2v) is 2.52. The molecule has 4 heteroatoms. The predicted molar refractivity (Wildman–Crippen MR) is 35.2 cm³/mol. The van der Waals surface area contributed by atoms with E-state index in [0.29, 0.717) is 0 Å². The molecule has 1 saturated heterocycles. The van der Waals surface area contributed by atoms with E-state index >= 15 is 0 Å². The molecule has 10 heavy (non-hydrogen) atoms. The van der Waals surface area contributed by atoms with Gasteiger partial charge in [-0.2, -0.15) is 0 Å². The molecule has 56 valence electrons. The number of hydrogen-bond donors (Lipinski definition) is 2. The van der Waals surface area contributed by atoms with E-state index in [1.54, 1.807) is 6.92 Å². The zero-order valence-corrected chi connectivity index (χ0v) is 5.76. The zero-order valence-electron chi connectivity index (χ0n) is 5.76. The Morgan fingerprint density at radius 2 is 2.40 bits per heavy atom. The van der Waals surface area contributed by atoms with E-state index < -0.39 is 11.9 Å². The maximum atomic E-state index is 10.8. The molecule has 0 aromatic carbocycles. The summed E-state index contributed by atoms with van der Waals surface area (Å²) in [5.74, 6) is -0.639. The lowest BCUT2D eigenvalue weighted by Gasteiger charge is -2.07. The van der Waals surface area contributed by atoms with Crippen molar-refractivity contribution in [1.29, 1.82) is 0 Å². The average molecular weight is 142 g/mol. The van der Waals surface area contributed by atoms with E-state index in [1.165, 1.54) is 0 Å². The first-order valence-electron chi connectivity index (χ1n) is 3.18. The number of nitrogens with two attached hydrogens (primary N) is 1. The Balaban J connectivity index is 2.66. The van der Waals surface area contributed by atoms with Crippen LogP contribution in [-0.4, -0.2) is 24.3 Å². The molecular weight excluding hydrogens is 132 g/mol. The van der Waals surface area contributed by atoms with Gasteiger partial charge < -0.3 is 5.73 Å². The molecule has 1 heterocycles. The normalized spacial score (nSPS) is 32.7. The lowest BCUT2D eigenvalue weighted by Crippen LogP contribution is -2.39. The molecule has 0 aromatic rings. The summed E-state index contributed by atoms with van der Waals surface area (Å²) in [6.07, 6.45) is 0. The fourth-order valence-electron chi connectivity index (χ4n) is 1.08. The average Bonchev–Trinajstić information content (AvgIpc) is 2.14.